The first-order valence-corrected chi connectivity index (χ1v) is 10.9. The summed E-state index contributed by atoms with van der Waals surface area (Å²) in [6.45, 7) is 1.37. The average Bonchev–Trinajstić information content (AvgIpc) is 2.74. The number of carbonyl (C=O) groups excluding carboxylic acids is 1. The Kier molecular flexibility index (Phi) is 5.08. The van der Waals surface area contributed by atoms with Gasteiger partial charge in [-0.05, 0) is 54.8 Å². The Morgan fingerprint density at radius 2 is 1.69 bits per heavy atom. The van der Waals surface area contributed by atoms with E-state index in [1.807, 2.05) is 0 Å². The Morgan fingerprint density at radius 3 is 2.24 bits per heavy atom. The summed E-state index contributed by atoms with van der Waals surface area (Å²) in [5, 5.41) is 0. The van der Waals surface area contributed by atoms with Crippen molar-refractivity contribution in [3.05, 3.63) is 59.9 Å². The number of hydrogen-bond donors (Lipinski definition) is 0. The summed E-state index contributed by atoms with van der Waals surface area (Å²) >= 11 is 0. The van der Waals surface area contributed by atoms with Crippen LogP contribution in [0.5, 0.6) is 5.75 Å². The van der Waals surface area contributed by atoms with Gasteiger partial charge in [0, 0.05) is 25.0 Å². The van der Waals surface area contributed by atoms with Crippen molar-refractivity contribution in [1.29, 1.82) is 0 Å². The quantitative estimate of drug-likeness (QED) is 0.701. The van der Waals surface area contributed by atoms with Crippen LogP contribution < -0.4 is 4.74 Å². The third-order valence-corrected chi connectivity index (χ3v) is 8.06. The largest absolute Gasteiger partial charge is 0.497 e. The molecule has 0 saturated carbocycles. The fourth-order valence-electron chi connectivity index (χ4n) is 4.57. The Labute approximate surface area is 169 Å². The van der Waals surface area contributed by atoms with Crippen molar-refractivity contribution in [1.82, 2.24) is 9.21 Å². The number of hydrogen-bond acceptors (Lipinski definition) is 4. The molecule has 2 aliphatic heterocycles. The number of carbonyl (C=O) groups is 1. The molecule has 0 aromatic heterocycles. The number of piperidine rings is 1. The predicted molar refractivity (Wildman–Crippen MR) is 105 cm³/mol. The second-order valence-electron chi connectivity index (χ2n) is 7.67. The molecular weight excluding hydrogens is 395 g/mol. The average molecular weight is 418 g/mol. The van der Waals surface area contributed by atoms with Crippen LogP contribution in [0.3, 0.4) is 0 Å². The first-order valence-electron chi connectivity index (χ1n) is 9.50. The molecule has 4 rings (SSSR count). The minimum Gasteiger partial charge on any atom is -0.497 e. The number of halogens is 1. The summed E-state index contributed by atoms with van der Waals surface area (Å²) < 4.78 is 45.9. The van der Waals surface area contributed by atoms with E-state index in [4.69, 9.17) is 4.74 Å². The summed E-state index contributed by atoms with van der Waals surface area (Å²) in [7, 11) is -2.05. The van der Waals surface area contributed by atoms with E-state index in [9.17, 15) is 17.6 Å². The van der Waals surface area contributed by atoms with Gasteiger partial charge < -0.3 is 9.64 Å². The minimum absolute atomic E-state index is 0.147. The number of nitrogens with zero attached hydrogens (tertiary/aromatic N) is 2. The zero-order valence-electron chi connectivity index (χ0n) is 16.1. The SMILES string of the molecule is COc1ccc(S(=O)(=O)N2CCC3(CC2)CN(C=O)C3c2ccc(F)cc2)cc1. The molecule has 0 aliphatic carbocycles. The number of amides is 1. The molecule has 1 unspecified atom stereocenters. The van der Waals surface area contributed by atoms with Gasteiger partial charge in [0.05, 0.1) is 18.0 Å². The molecule has 1 amide bonds. The highest BCUT2D eigenvalue weighted by Crippen LogP contribution is 2.54. The molecule has 0 bridgehead atoms. The van der Waals surface area contributed by atoms with Gasteiger partial charge in [0.25, 0.3) is 0 Å². The molecule has 1 atom stereocenters. The maximum absolute atomic E-state index is 13.3. The zero-order valence-corrected chi connectivity index (χ0v) is 16.9. The van der Waals surface area contributed by atoms with E-state index in [0.29, 0.717) is 38.2 Å². The molecular formula is C21H23FN2O4S. The van der Waals surface area contributed by atoms with Crippen LogP contribution >= 0.6 is 0 Å². The van der Waals surface area contributed by atoms with Gasteiger partial charge in [-0.3, -0.25) is 4.79 Å². The Morgan fingerprint density at radius 1 is 1.07 bits per heavy atom. The first-order chi connectivity index (χ1) is 13.9. The van der Waals surface area contributed by atoms with E-state index in [2.05, 4.69) is 0 Å². The molecule has 0 N–H and O–H groups in total. The zero-order chi connectivity index (χ0) is 20.6. The normalized spacial score (nSPS) is 21.6. The standard InChI is InChI=1S/C21H23FN2O4S/c1-28-18-6-8-19(9-7-18)29(26,27)24-12-10-21(11-13-24)14-23(15-25)20(21)16-2-4-17(22)5-3-16/h2-9,15,20H,10-14H2,1H3. The van der Waals surface area contributed by atoms with Crippen LogP contribution in [0.25, 0.3) is 0 Å². The van der Waals surface area contributed by atoms with Gasteiger partial charge in [-0.15, -0.1) is 0 Å². The van der Waals surface area contributed by atoms with E-state index in [-0.39, 0.29) is 22.2 Å². The van der Waals surface area contributed by atoms with Crippen molar-refractivity contribution in [2.24, 2.45) is 5.41 Å². The molecule has 154 valence electrons. The van der Waals surface area contributed by atoms with Crippen LogP contribution in [0.1, 0.15) is 24.4 Å². The fourth-order valence-corrected chi connectivity index (χ4v) is 6.01. The Hall–Kier alpha value is -2.45. The van der Waals surface area contributed by atoms with Crippen molar-refractivity contribution in [3.8, 4) is 5.75 Å². The molecule has 0 radical (unpaired) electrons. The van der Waals surface area contributed by atoms with Crippen LogP contribution in [0, 0.1) is 11.2 Å². The van der Waals surface area contributed by atoms with E-state index in [1.165, 1.54) is 23.5 Å². The van der Waals surface area contributed by atoms with Crippen molar-refractivity contribution >= 4 is 16.4 Å². The summed E-state index contributed by atoms with van der Waals surface area (Å²) in [4.78, 5) is 13.4. The molecule has 8 heteroatoms. The highest BCUT2D eigenvalue weighted by atomic mass is 32.2. The van der Waals surface area contributed by atoms with Crippen molar-refractivity contribution in [2.75, 3.05) is 26.7 Å². The number of rotatable bonds is 5. The lowest BCUT2D eigenvalue weighted by atomic mass is 9.63. The van der Waals surface area contributed by atoms with Gasteiger partial charge in [0.2, 0.25) is 16.4 Å². The lowest BCUT2D eigenvalue weighted by molar-refractivity contribution is -0.147. The van der Waals surface area contributed by atoms with Crippen LogP contribution in [-0.4, -0.2) is 50.8 Å². The van der Waals surface area contributed by atoms with Crippen molar-refractivity contribution < 1.29 is 22.3 Å². The van der Waals surface area contributed by atoms with Gasteiger partial charge >= 0.3 is 0 Å². The third-order valence-electron chi connectivity index (χ3n) is 6.15. The highest BCUT2D eigenvalue weighted by Gasteiger charge is 2.54. The summed E-state index contributed by atoms with van der Waals surface area (Å²) in [6, 6.07) is 12.4. The van der Waals surface area contributed by atoms with Crippen LogP contribution in [0.15, 0.2) is 53.4 Å². The number of benzene rings is 2. The Bertz CT molecular complexity index is 984. The molecule has 2 fully saturated rings. The van der Waals surface area contributed by atoms with Crippen LogP contribution in [0.2, 0.25) is 0 Å². The second kappa shape index (κ2) is 7.42. The number of ether oxygens (including phenoxy) is 1. The predicted octanol–water partition coefficient (Wildman–Crippen LogP) is 2.82. The van der Waals surface area contributed by atoms with Gasteiger partial charge in [0.15, 0.2) is 0 Å². The van der Waals surface area contributed by atoms with E-state index in [1.54, 1.807) is 41.3 Å². The molecule has 1 spiro atoms. The van der Waals surface area contributed by atoms with E-state index in [0.717, 1.165) is 12.0 Å². The number of sulfonamides is 1. The fraction of sp³-hybridized carbons (Fsp3) is 0.381. The number of likely N-dealkylation sites (tertiary alicyclic amines) is 1. The van der Waals surface area contributed by atoms with E-state index >= 15 is 0 Å². The van der Waals surface area contributed by atoms with Gasteiger partial charge in [0.1, 0.15) is 11.6 Å². The molecule has 2 aromatic rings. The molecule has 2 heterocycles. The van der Waals surface area contributed by atoms with Crippen LogP contribution in [0.4, 0.5) is 4.39 Å². The lowest BCUT2D eigenvalue weighted by Crippen LogP contribution is -2.61. The molecule has 29 heavy (non-hydrogen) atoms. The van der Waals surface area contributed by atoms with E-state index < -0.39 is 10.0 Å². The van der Waals surface area contributed by atoms with Crippen LogP contribution in [-0.2, 0) is 14.8 Å². The Balaban J connectivity index is 1.51. The number of methoxy groups -OCH3 is 1. The minimum atomic E-state index is -3.58. The third kappa shape index (κ3) is 3.40. The van der Waals surface area contributed by atoms with Gasteiger partial charge in [-0.25, -0.2) is 12.8 Å². The molecule has 2 saturated heterocycles. The monoisotopic (exact) mass is 418 g/mol. The molecule has 2 aromatic carbocycles. The van der Waals surface area contributed by atoms with Crippen molar-refractivity contribution in [2.45, 2.75) is 23.8 Å². The molecule has 6 nitrogen and oxygen atoms in total. The van der Waals surface area contributed by atoms with Crippen molar-refractivity contribution in [3.63, 3.8) is 0 Å². The van der Waals surface area contributed by atoms with Gasteiger partial charge in [-0.1, -0.05) is 12.1 Å². The summed E-state index contributed by atoms with van der Waals surface area (Å²) in [6.07, 6.45) is 2.11. The summed E-state index contributed by atoms with van der Waals surface area (Å²) in [5.41, 5.74) is 0.709. The topological polar surface area (TPSA) is 66.9 Å². The molecule has 2 aliphatic rings. The highest BCUT2D eigenvalue weighted by molar-refractivity contribution is 7.89. The summed E-state index contributed by atoms with van der Waals surface area (Å²) in [5.74, 6) is 0.285. The lowest BCUT2D eigenvalue weighted by Gasteiger charge is -2.59. The first kappa shape index (κ1) is 19.8. The van der Waals surface area contributed by atoms with Gasteiger partial charge in [-0.2, -0.15) is 4.31 Å². The smallest absolute Gasteiger partial charge is 0.243 e. The second-order valence-corrected chi connectivity index (χ2v) is 9.61. The maximum atomic E-state index is 13.3. The maximum Gasteiger partial charge on any atom is 0.243 e.